The van der Waals surface area contributed by atoms with Gasteiger partial charge in [0, 0.05) is 35.6 Å². The number of nitrogens with zero attached hydrogens (tertiary/aromatic N) is 2. The molecule has 1 aliphatic rings. The van der Waals surface area contributed by atoms with Gasteiger partial charge in [-0.3, -0.25) is 14.5 Å². The minimum absolute atomic E-state index is 0.0386. The van der Waals surface area contributed by atoms with Crippen molar-refractivity contribution in [2.75, 3.05) is 23.7 Å². The van der Waals surface area contributed by atoms with Crippen LogP contribution in [-0.4, -0.2) is 40.8 Å². The fourth-order valence-corrected chi connectivity index (χ4v) is 4.74. The Hall–Kier alpha value is -3.03. The van der Waals surface area contributed by atoms with Crippen molar-refractivity contribution < 1.29 is 9.59 Å². The van der Waals surface area contributed by atoms with E-state index in [4.69, 9.17) is 0 Å². The number of rotatable bonds is 10. The molecule has 1 heterocycles. The van der Waals surface area contributed by atoms with Gasteiger partial charge in [0.1, 0.15) is 0 Å². The Kier molecular flexibility index (Phi) is 7.75. The zero-order valence-electron chi connectivity index (χ0n) is 20.1. The third-order valence-electron chi connectivity index (χ3n) is 6.19. The van der Waals surface area contributed by atoms with E-state index < -0.39 is 0 Å². The molecule has 34 heavy (non-hydrogen) atoms. The Bertz CT molecular complexity index is 1130. The zero-order valence-corrected chi connectivity index (χ0v) is 20.9. The highest BCUT2D eigenvalue weighted by Crippen LogP contribution is 2.28. The second-order valence-corrected chi connectivity index (χ2v) is 9.76. The van der Waals surface area contributed by atoms with Crippen LogP contribution < -0.4 is 10.6 Å². The fourth-order valence-electron chi connectivity index (χ4n) is 4.01. The average molecular weight is 477 g/mol. The van der Waals surface area contributed by atoms with Gasteiger partial charge in [0.15, 0.2) is 5.13 Å². The molecule has 0 aliphatic heterocycles. The topological polar surface area (TPSA) is 74.3 Å². The monoisotopic (exact) mass is 476 g/mol. The van der Waals surface area contributed by atoms with Crippen molar-refractivity contribution in [2.45, 2.75) is 52.5 Å². The molecule has 1 aliphatic carbocycles. The molecule has 178 valence electrons. The number of hydrogen-bond acceptors (Lipinski definition) is 5. The number of carbonyl (C=O) groups is 2. The van der Waals surface area contributed by atoms with E-state index in [9.17, 15) is 9.59 Å². The normalized spacial score (nSPS) is 13.2. The van der Waals surface area contributed by atoms with E-state index >= 15 is 0 Å². The van der Waals surface area contributed by atoms with Gasteiger partial charge in [0.25, 0.3) is 0 Å². The minimum Gasteiger partial charge on any atom is -0.324 e. The number of benzene rings is 2. The van der Waals surface area contributed by atoms with Crippen LogP contribution in [0.1, 0.15) is 42.9 Å². The molecule has 3 aromatic rings. The van der Waals surface area contributed by atoms with Crippen LogP contribution in [0.15, 0.2) is 47.8 Å². The standard InChI is InChI=1S/C27H32N4O2S/c1-4-20-8-10-21(11-9-20)23-17-34-27(28-23)30-24(32)14-15-31(22-12-13-22)16-25(33)29-26-18(2)6-5-7-19(26)3/h5-11,17,22H,4,12-16H2,1-3H3,(H,29,33)(H,28,30,32). The molecule has 1 saturated carbocycles. The molecule has 0 spiro atoms. The van der Waals surface area contributed by atoms with Gasteiger partial charge >= 0.3 is 0 Å². The van der Waals surface area contributed by atoms with Crippen LogP contribution in [0, 0.1) is 13.8 Å². The Morgan fingerprint density at radius 2 is 1.74 bits per heavy atom. The van der Waals surface area contributed by atoms with Gasteiger partial charge in [-0.05, 0) is 49.8 Å². The molecule has 0 bridgehead atoms. The summed E-state index contributed by atoms with van der Waals surface area (Å²) in [5.74, 6) is -0.119. The number of carbonyl (C=O) groups excluding carboxylic acids is 2. The first-order chi connectivity index (χ1) is 16.4. The van der Waals surface area contributed by atoms with E-state index in [-0.39, 0.29) is 11.8 Å². The van der Waals surface area contributed by atoms with Gasteiger partial charge in [-0.25, -0.2) is 4.98 Å². The summed E-state index contributed by atoms with van der Waals surface area (Å²) in [6.45, 7) is 6.97. The Morgan fingerprint density at radius 3 is 2.38 bits per heavy atom. The molecule has 6 nitrogen and oxygen atoms in total. The van der Waals surface area contributed by atoms with Crippen molar-refractivity contribution in [1.29, 1.82) is 0 Å². The third-order valence-corrected chi connectivity index (χ3v) is 6.95. The molecule has 2 N–H and O–H groups in total. The lowest BCUT2D eigenvalue weighted by Gasteiger charge is -2.21. The first kappa shape index (κ1) is 24.1. The number of aryl methyl sites for hydroxylation is 3. The predicted molar refractivity (Wildman–Crippen MR) is 139 cm³/mol. The van der Waals surface area contributed by atoms with Crippen molar-refractivity contribution in [3.8, 4) is 11.3 Å². The maximum Gasteiger partial charge on any atom is 0.238 e. The molecular formula is C27H32N4O2S. The van der Waals surface area contributed by atoms with Crippen LogP contribution in [0.2, 0.25) is 0 Å². The lowest BCUT2D eigenvalue weighted by atomic mass is 10.1. The van der Waals surface area contributed by atoms with Crippen molar-refractivity contribution in [2.24, 2.45) is 0 Å². The Morgan fingerprint density at radius 1 is 1.03 bits per heavy atom. The average Bonchev–Trinajstić information content (AvgIpc) is 3.57. The number of hydrogen-bond donors (Lipinski definition) is 2. The molecule has 0 saturated heterocycles. The molecule has 2 amide bonds. The number of thiazole rings is 1. The summed E-state index contributed by atoms with van der Waals surface area (Å²) in [4.78, 5) is 32.0. The van der Waals surface area contributed by atoms with E-state index in [0.29, 0.717) is 30.7 Å². The molecule has 4 rings (SSSR count). The molecule has 7 heteroatoms. The predicted octanol–water partition coefficient (Wildman–Crippen LogP) is 5.42. The highest BCUT2D eigenvalue weighted by Gasteiger charge is 2.30. The lowest BCUT2D eigenvalue weighted by Crippen LogP contribution is -2.37. The van der Waals surface area contributed by atoms with E-state index in [2.05, 4.69) is 51.7 Å². The number of para-hydroxylation sites is 1. The molecule has 2 aromatic carbocycles. The van der Waals surface area contributed by atoms with Crippen LogP contribution in [0.25, 0.3) is 11.3 Å². The summed E-state index contributed by atoms with van der Waals surface area (Å²) in [5, 5.41) is 8.54. The van der Waals surface area contributed by atoms with E-state index in [1.165, 1.54) is 16.9 Å². The van der Waals surface area contributed by atoms with Crippen LogP contribution in [-0.2, 0) is 16.0 Å². The van der Waals surface area contributed by atoms with Crippen LogP contribution in [0.5, 0.6) is 0 Å². The van der Waals surface area contributed by atoms with E-state index in [1.807, 2.05) is 37.4 Å². The number of aromatic nitrogens is 1. The third kappa shape index (κ3) is 6.30. The van der Waals surface area contributed by atoms with Crippen molar-refractivity contribution in [1.82, 2.24) is 9.88 Å². The first-order valence-corrected chi connectivity index (χ1v) is 12.8. The maximum atomic E-state index is 12.7. The van der Waals surface area contributed by atoms with Crippen LogP contribution in [0.4, 0.5) is 10.8 Å². The van der Waals surface area contributed by atoms with Crippen molar-refractivity contribution in [3.63, 3.8) is 0 Å². The first-order valence-electron chi connectivity index (χ1n) is 11.9. The molecule has 0 atom stereocenters. The smallest absolute Gasteiger partial charge is 0.238 e. The lowest BCUT2D eigenvalue weighted by molar-refractivity contribution is -0.119. The SMILES string of the molecule is CCc1ccc(-c2csc(NC(=O)CCN(CC(=O)Nc3c(C)cccc3C)C3CC3)n2)cc1. The molecular weight excluding hydrogens is 444 g/mol. The van der Waals surface area contributed by atoms with Gasteiger partial charge in [-0.15, -0.1) is 11.3 Å². The molecule has 0 radical (unpaired) electrons. The summed E-state index contributed by atoms with van der Waals surface area (Å²) in [6.07, 6.45) is 3.48. The summed E-state index contributed by atoms with van der Waals surface area (Å²) >= 11 is 1.43. The Labute approximate surface area is 205 Å². The summed E-state index contributed by atoms with van der Waals surface area (Å²) in [6, 6.07) is 14.7. The van der Waals surface area contributed by atoms with E-state index in [0.717, 1.165) is 47.3 Å². The Balaban J connectivity index is 1.29. The number of amides is 2. The number of anilines is 2. The maximum absolute atomic E-state index is 12.7. The molecule has 1 fully saturated rings. The van der Waals surface area contributed by atoms with Crippen LogP contribution in [0.3, 0.4) is 0 Å². The van der Waals surface area contributed by atoms with Crippen molar-refractivity contribution >= 4 is 34.0 Å². The fraction of sp³-hybridized carbons (Fsp3) is 0.370. The second-order valence-electron chi connectivity index (χ2n) is 8.90. The second kappa shape index (κ2) is 10.9. The molecule has 1 aromatic heterocycles. The summed E-state index contributed by atoms with van der Waals surface area (Å²) < 4.78 is 0. The largest absolute Gasteiger partial charge is 0.324 e. The zero-order chi connectivity index (χ0) is 24.1. The van der Waals surface area contributed by atoms with Gasteiger partial charge in [0.05, 0.1) is 12.2 Å². The van der Waals surface area contributed by atoms with E-state index in [1.54, 1.807) is 0 Å². The van der Waals surface area contributed by atoms with Gasteiger partial charge < -0.3 is 10.6 Å². The van der Waals surface area contributed by atoms with Gasteiger partial charge in [-0.2, -0.15) is 0 Å². The number of nitrogens with one attached hydrogen (secondary N) is 2. The van der Waals surface area contributed by atoms with Gasteiger partial charge in [0.2, 0.25) is 11.8 Å². The molecule has 0 unspecified atom stereocenters. The highest BCUT2D eigenvalue weighted by molar-refractivity contribution is 7.14. The highest BCUT2D eigenvalue weighted by atomic mass is 32.1. The van der Waals surface area contributed by atoms with Crippen LogP contribution >= 0.6 is 11.3 Å². The summed E-state index contributed by atoms with van der Waals surface area (Å²) in [7, 11) is 0. The summed E-state index contributed by atoms with van der Waals surface area (Å²) in [5.41, 5.74) is 6.18. The van der Waals surface area contributed by atoms with Gasteiger partial charge in [-0.1, -0.05) is 49.4 Å². The van der Waals surface area contributed by atoms with Crippen molar-refractivity contribution in [3.05, 3.63) is 64.5 Å². The quantitative estimate of drug-likeness (QED) is 0.410. The minimum atomic E-state index is -0.0805.